The molecule has 116 valence electrons. The number of carbonyl (C=O) groups excluding carboxylic acids is 1. The molecule has 4 heteroatoms. The second kappa shape index (κ2) is 6.94. The topological polar surface area (TPSA) is 58.4 Å². The van der Waals surface area contributed by atoms with Gasteiger partial charge in [-0.2, -0.15) is 0 Å². The summed E-state index contributed by atoms with van der Waals surface area (Å²) in [5.74, 6) is 1.58. The van der Waals surface area contributed by atoms with E-state index in [4.69, 9.17) is 5.73 Å². The average Bonchev–Trinajstić information content (AvgIpc) is 2.90. The molecular formula is C17H27N3O. The Morgan fingerprint density at radius 2 is 2.24 bits per heavy atom. The number of hydrogen-bond acceptors (Lipinski definition) is 3. The molecule has 21 heavy (non-hydrogen) atoms. The summed E-state index contributed by atoms with van der Waals surface area (Å²) in [7, 11) is 0. The molecule has 0 aliphatic carbocycles. The van der Waals surface area contributed by atoms with E-state index in [0.29, 0.717) is 12.1 Å². The highest BCUT2D eigenvalue weighted by atomic mass is 16.1. The number of hydrogen-bond donors (Lipinski definition) is 2. The minimum atomic E-state index is 0.0664. The van der Waals surface area contributed by atoms with Gasteiger partial charge in [0, 0.05) is 30.9 Å². The number of likely N-dealkylation sites (tertiary alicyclic amines) is 1. The number of nitrogens with one attached hydrogen (secondary N) is 1. The predicted molar refractivity (Wildman–Crippen MR) is 88.2 cm³/mol. The first kappa shape index (κ1) is 15.8. The summed E-state index contributed by atoms with van der Waals surface area (Å²) in [4.78, 5) is 14.5. The van der Waals surface area contributed by atoms with Gasteiger partial charge in [-0.3, -0.25) is 4.79 Å². The maximum atomic E-state index is 12.1. The number of benzene rings is 1. The highest BCUT2D eigenvalue weighted by Crippen LogP contribution is 2.23. The highest BCUT2D eigenvalue weighted by Gasteiger charge is 2.24. The SMILES string of the molecule is Cc1ccc(N)cc1NC(=O)CCN1CCC(C(C)C)C1. The third kappa shape index (κ3) is 4.46. The zero-order chi connectivity index (χ0) is 15.4. The summed E-state index contributed by atoms with van der Waals surface area (Å²) in [5, 5.41) is 2.96. The second-order valence-electron chi connectivity index (χ2n) is 6.47. The molecule has 1 heterocycles. The standard InChI is InChI=1S/C17H27N3O/c1-12(2)14-6-8-20(11-14)9-7-17(21)19-16-10-15(18)5-4-13(16)3/h4-5,10,12,14H,6-9,11,18H2,1-3H3,(H,19,21). The molecule has 0 spiro atoms. The molecule has 0 aromatic heterocycles. The molecule has 1 fully saturated rings. The molecule has 2 rings (SSSR count). The summed E-state index contributed by atoms with van der Waals surface area (Å²) in [6.07, 6.45) is 1.80. The molecule has 1 unspecified atom stereocenters. The molecule has 3 N–H and O–H groups in total. The lowest BCUT2D eigenvalue weighted by Crippen LogP contribution is -2.26. The highest BCUT2D eigenvalue weighted by molar-refractivity contribution is 5.92. The zero-order valence-corrected chi connectivity index (χ0v) is 13.4. The third-order valence-electron chi connectivity index (χ3n) is 4.44. The number of aryl methyl sites for hydroxylation is 1. The Morgan fingerprint density at radius 3 is 2.90 bits per heavy atom. The van der Waals surface area contributed by atoms with Crippen LogP contribution in [0.1, 0.15) is 32.3 Å². The van der Waals surface area contributed by atoms with Crippen molar-refractivity contribution >= 4 is 17.3 Å². The molecule has 1 amide bonds. The van der Waals surface area contributed by atoms with E-state index in [2.05, 4.69) is 24.1 Å². The summed E-state index contributed by atoms with van der Waals surface area (Å²) in [6, 6.07) is 5.60. The molecular weight excluding hydrogens is 262 g/mol. The summed E-state index contributed by atoms with van der Waals surface area (Å²) in [5.41, 5.74) is 8.30. The van der Waals surface area contributed by atoms with Gasteiger partial charge in [0.1, 0.15) is 0 Å². The van der Waals surface area contributed by atoms with Crippen LogP contribution in [0, 0.1) is 18.8 Å². The molecule has 0 bridgehead atoms. The van der Waals surface area contributed by atoms with Crippen LogP contribution in [0.2, 0.25) is 0 Å². The maximum Gasteiger partial charge on any atom is 0.225 e. The normalized spacial score (nSPS) is 19.1. The lowest BCUT2D eigenvalue weighted by Gasteiger charge is -2.17. The fraction of sp³-hybridized carbons (Fsp3) is 0.588. The Labute approximate surface area is 127 Å². The second-order valence-corrected chi connectivity index (χ2v) is 6.47. The Balaban J connectivity index is 1.79. The van der Waals surface area contributed by atoms with Gasteiger partial charge in [0.15, 0.2) is 0 Å². The van der Waals surface area contributed by atoms with Gasteiger partial charge in [0.25, 0.3) is 0 Å². The molecule has 1 aromatic carbocycles. The van der Waals surface area contributed by atoms with Crippen molar-refractivity contribution in [1.29, 1.82) is 0 Å². The van der Waals surface area contributed by atoms with Crippen LogP contribution in [0.15, 0.2) is 18.2 Å². The number of anilines is 2. The fourth-order valence-electron chi connectivity index (χ4n) is 2.86. The number of nitrogens with zero attached hydrogens (tertiary/aromatic N) is 1. The monoisotopic (exact) mass is 289 g/mol. The van der Waals surface area contributed by atoms with E-state index in [1.54, 1.807) is 0 Å². The predicted octanol–water partition coefficient (Wildman–Crippen LogP) is 2.88. The smallest absolute Gasteiger partial charge is 0.225 e. The van der Waals surface area contributed by atoms with Crippen molar-refractivity contribution in [1.82, 2.24) is 4.90 Å². The van der Waals surface area contributed by atoms with Crippen LogP contribution in [0.25, 0.3) is 0 Å². The van der Waals surface area contributed by atoms with E-state index in [1.807, 2.05) is 25.1 Å². The van der Waals surface area contributed by atoms with E-state index in [1.165, 1.54) is 6.42 Å². The van der Waals surface area contributed by atoms with Crippen molar-refractivity contribution in [3.63, 3.8) is 0 Å². The Hall–Kier alpha value is -1.55. The van der Waals surface area contributed by atoms with E-state index in [-0.39, 0.29) is 5.91 Å². The third-order valence-corrected chi connectivity index (χ3v) is 4.44. The van der Waals surface area contributed by atoms with Crippen LogP contribution in [-0.4, -0.2) is 30.4 Å². The van der Waals surface area contributed by atoms with Gasteiger partial charge in [-0.25, -0.2) is 0 Å². The first-order chi connectivity index (χ1) is 9.95. The first-order valence-corrected chi connectivity index (χ1v) is 7.84. The minimum Gasteiger partial charge on any atom is -0.399 e. The summed E-state index contributed by atoms with van der Waals surface area (Å²) in [6.45, 7) is 9.63. The lowest BCUT2D eigenvalue weighted by atomic mass is 9.95. The Morgan fingerprint density at radius 1 is 1.48 bits per heavy atom. The van der Waals surface area contributed by atoms with Crippen molar-refractivity contribution < 1.29 is 4.79 Å². The van der Waals surface area contributed by atoms with Crippen LogP contribution in [0.5, 0.6) is 0 Å². The summed E-state index contributed by atoms with van der Waals surface area (Å²) >= 11 is 0. The van der Waals surface area contributed by atoms with Gasteiger partial charge in [-0.15, -0.1) is 0 Å². The Kier molecular flexibility index (Phi) is 5.23. The number of amides is 1. The van der Waals surface area contributed by atoms with Gasteiger partial charge in [0.05, 0.1) is 0 Å². The number of carbonyl (C=O) groups is 1. The van der Waals surface area contributed by atoms with Crippen LogP contribution in [0.3, 0.4) is 0 Å². The van der Waals surface area contributed by atoms with Gasteiger partial charge < -0.3 is 16.0 Å². The van der Waals surface area contributed by atoms with Crippen molar-refractivity contribution in [3.05, 3.63) is 23.8 Å². The van der Waals surface area contributed by atoms with E-state index >= 15 is 0 Å². The summed E-state index contributed by atoms with van der Waals surface area (Å²) < 4.78 is 0. The molecule has 0 saturated carbocycles. The van der Waals surface area contributed by atoms with Crippen LogP contribution in [-0.2, 0) is 4.79 Å². The van der Waals surface area contributed by atoms with E-state index in [9.17, 15) is 4.79 Å². The van der Waals surface area contributed by atoms with E-state index in [0.717, 1.165) is 42.7 Å². The molecule has 0 radical (unpaired) electrons. The van der Waals surface area contributed by atoms with Crippen LogP contribution >= 0.6 is 0 Å². The van der Waals surface area contributed by atoms with Crippen LogP contribution in [0.4, 0.5) is 11.4 Å². The van der Waals surface area contributed by atoms with Crippen molar-refractivity contribution in [2.45, 2.75) is 33.6 Å². The first-order valence-electron chi connectivity index (χ1n) is 7.84. The van der Waals surface area contributed by atoms with Gasteiger partial charge >= 0.3 is 0 Å². The van der Waals surface area contributed by atoms with Gasteiger partial charge in [0.2, 0.25) is 5.91 Å². The molecule has 1 atom stereocenters. The lowest BCUT2D eigenvalue weighted by molar-refractivity contribution is -0.116. The Bertz CT molecular complexity index is 499. The maximum absolute atomic E-state index is 12.1. The van der Waals surface area contributed by atoms with Crippen molar-refractivity contribution in [2.75, 3.05) is 30.7 Å². The molecule has 1 saturated heterocycles. The minimum absolute atomic E-state index is 0.0664. The number of rotatable bonds is 5. The largest absolute Gasteiger partial charge is 0.399 e. The quantitative estimate of drug-likeness (QED) is 0.819. The van der Waals surface area contributed by atoms with Gasteiger partial charge in [-0.1, -0.05) is 19.9 Å². The average molecular weight is 289 g/mol. The molecule has 1 aliphatic heterocycles. The molecule has 1 aromatic rings. The van der Waals surface area contributed by atoms with Crippen molar-refractivity contribution in [2.24, 2.45) is 11.8 Å². The fourth-order valence-corrected chi connectivity index (χ4v) is 2.86. The molecule has 1 aliphatic rings. The van der Waals surface area contributed by atoms with Crippen molar-refractivity contribution in [3.8, 4) is 0 Å². The molecule has 4 nitrogen and oxygen atoms in total. The van der Waals surface area contributed by atoms with Crippen LogP contribution < -0.4 is 11.1 Å². The van der Waals surface area contributed by atoms with E-state index < -0.39 is 0 Å². The number of nitrogen functional groups attached to an aromatic ring is 1. The van der Waals surface area contributed by atoms with Gasteiger partial charge in [-0.05, 0) is 49.4 Å². The zero-order valence-electron chi connectivity index (χ0n) is 13.4. The number of nitrogens with two attached hydrogens (primary N) is 1.